The molecule has 0 aliphatic rings. The Labute approximate surface area is 163 Å². The summed E-state index contributed by atoms with van der Waals surface area (Å²) in [6, 6.07) is 0. The molecule has 9 heteroatoms. The molecule has 0 radical (unpaired) electrons. The minimum atomic E-state index is -3.36. The molecular formula is C18H34O7P2. The molecule has 0 amide bonds. The van der Waals surface area contributed by atoms with Gasteiger partial charge in [0.1, 0.15) is 5.76 Å². The molecule has 0 aliphatic heterocycles. The number of furan rings is 1. The maximum absolute atomic E-state index is 13.1. The second kappa shape index (κ2) is 10.4. The Kier molecular flexibility index (Phi) is 9.47. The highest BCUT2D eigenvalue weighted by Crippen LogP contribution is 2.56. The van der Waals surface area contributed by atoms with Gasteiger partial charge in [-0.15, -0.1) is 0 Å². The van der Waals surface area contributed by atoms with Crippen LogP contribution >= 0.6 is 15.2 Å². The molecule has 0 bridgehead atoms. The molecule has 0 aromatic carbocycles. The van der Waals surface area contributed by atoms with Crippen LogP contribution in [0, 0.1) is 0 Å². The number of rotatable bonds is 12. The van der Waals surface area contributed by atoms with Crippen LogP contribution in [0.2, 0.25) is 0 Å². The van der Waals surface area contributed by atoms with E-state index in [0.717, 1.165) is 0 Å². The van der Waals surface area contributed by atoms with Crippen LogP contribution in [0.5, 0.6) is 0 Å². The van der Waals surface area contributed by atoms with Gasteiger partial charge >= 0.3 is 15.2 Å². The van der Waals surface area contributed by atoms with Crippen molar-refractivity contribution in [3.8, 4) is 0 Å². The monoisotopic (exact) mass is 424 g/mol. The van der Waals surface area contributed by atoms with Crippen molar-refractivity contribution in [1.82, 2.24) is 0 Å². The van der Waals surface area contributed by atoms with Gasteiger partial charge in [-0.1, -0.05) is 20.8 Å². The third-order valence-electron chi connectivity index (χ3n) is 3.68. The SMILES string of the molecule is CCOP(=O)(Cc1coc(C(C)(C)C)c1CP(=O)(OCC)OCC)OCC. The second-order valence-electron chi connectivity index (χ2n) is 7.03. The summed E-state index contributed by atoms with van der Waals surface area (Å²) in [5.74, 6) is 0.664. The first-order valence-corrected chi connectivity index (χ1v) is 12.9. The first kappa shape index (κ1) is 24.6. The maximum Gasteiger partial charge on any atom is 0.335 e. The van der Waals surface area contributed by atoms with Gasteiger partial charge in [0.05, 0.1) is 45.0 Å². The predicted molar refractivity (Wildman–Crippen MR) is 107 cm³/mol. The lowest BCUT2D eigenvalue weighted by atomic mass is 9.90. The van der Waals surface area contributed by atoms with Crippen molar-refractivity contribution in [2.45, 2.75) is 66.2 Å². The fraction of sp³-hybridized carbons (Fsp3) is 0.778. The van der Waals surface area contributed by atoms with E-state index in [2.05, 4.69) is 0 Å². The minimum Gasteiger partial charge on any atom is -0.468 e. The van der Waals surface area contributed by atoms with Gasteiger partial charge in [-0.25, -0.2) is 0 Å². The maximum atomic E-state index is 13.1. The van der Waals surface area contributed by atoms with Crippen molar-refractivity contribution in [3.63, 3.8) is 0 Å². The molecule has 1 aromatic heterocycles. The lowest BCUT2D eigenvalue weighted by Gasteiger charge is -2.22. The standard InChI is InChI=1S/C18H34O7P2/c1-8-22-26(19,23-9-2)13-15-12-21-17(18(5,6)7)16(15)14-27(20,24-10-3)25-11-4/h12H,8-11,13-14H2,1-7H3. The van der Waals surface area contributed by atoms with Gasteiger partial charge in [-0.2, -0.15) is 0 Å². The zero-order valence-electron chi connectivity index (χ0n) is 17.6. The molecular weight excluding hydrogens is 390 g/mol. The van der Waals surface area contributed by atoms with Gasteiger partial charge in [0.2, 0.25) is 0 Å². The van der Waals surface area contributed by atoms with Gasteiger partial charge in [-0.05, 0) is 27.7 Å². The number of hydrogen-bond donors (Lipinski definition) is 0. The van der Waals surface area contributed by atoms with Crippen molar-refractivity contribution < 1.29 is 31.6 Å². The van der Waals surface area contributed by atoms with Crippen LogP contribution < -0.4 is 0 Å². The highest BCUT2D eigenvalue weighted by Gasteiger charge is 2.35. The summed E-state index contributed by atoms with van der Waals surface area (Å²) in [5, 5.41) is 0. The van der Waals surface area contributed by atoms with Gasteiger partial charge in [0.25, 0.3) is 0 Å². The summed E-state index contributed by atoms with van der Waals surface area (Å²) in [6.07, 6.45) is 1.63. The van der Waals surface area contributed by atoms with E-state index in [-0.39, 0.29) is 44.2 Å². The van der Waals surface area contributed by atoms with Crippen LogP contribution in [0.4, 0.5) is 0 Å². The Hall–Kier alpha value is -0.420. The summed E-state index contributed by atoms with van der Waals surface area (Å²) < 4.78 is 53.6. The first-order valence-electron chi connectivity index (χ1n) is 9.40. The lowest BCUT2D eigenvalue weighted by molar-refractivity contribution is 0.216. The van der Waals surface area contributed by atoms with E-state index in [9.17, 15) is 9.13 Å². The van der Waals surface area contributed by atoms with Gasteiger partial charge in [-0.3, -0.25) is 9.13 Å². The predicted octanol–water partition coefficient (Wildman–Crippen LogP) is 6.11. The third-order valence-corrected chi connectivity index (χ3v) is 7.72. The van der Waals surface area contributed by atoms with Crippen LogP contribution in [-0.4, -0.2) is 26.4 Å². The second-order valence-corrected chi connectivity index (χ2v) is 11.1. The molecule has 0 fully saturated rings. The van der Waals surface area contributed by atoms with Crippen molar-refractivity contribution in [3.05, 3.63) is 23.2 Å². The van der Waals surface area contributed by atoms with Gasteiger partial charge < -0.3 is 22.5 Å². The van der Waals surface area contributed by atoms with Crippen LogP contribution in [0.25, 0.3) is 0 Å². The van der Waals surface area contributed by atoms with Crippen LogP contribution in [-0.2, 0) is 45.0 Å². The zero-order chi connectivity index (χ0) is 20.7. The van der Waals surface area contributed by atoms with Crippen molar-refractivity contribution >= 4 is 15.2 Å². The minimum absolute atomic E-state index is 0.0435. The van der Waals surface area contributed by atoms with E-state index in [0.29, 0.717) is 16.9 Å². The summed E-state index contributed by atoms with van der Waals surface area (Å²) in [7, 11) is -6.69. The first-order chi connectivity index (χ1) is 12.5. The lowest BCUT2D eigenvalue weighted by Crippen LogP contribution is -2.14. The Morgan fingerprint density at radius 3 is 1.59 bits per heavy atom. The van der Waals surface area contributed by atoms with Gasteiger partial charge in [0.15, 0.2) is 0 Å². The Balaban J connectivity index is 3.36. The number of hydrogen-bond acceptors (Lipinski definition) is 7. The fourth-order valence-electron chi connectivity index (χ4n) is 2.80. The molecule has 0 spiro atoms. The molecule has 0 aliphatic carbocycles. The summed E-state index contributed by atoms with van der Waals surface area (Å²) in [6.45, 7) is 14.1. The van der Waals surface area contributed by atoms with Gasteiger partial charge in [0, 0.05) is 16.5 Å². The molecule has 0 atom stereocenters. The Morgan fingerprint density at radius 1 is 0.815 bits per heavy atom. The molecule has 27 heavy (non-hydrogen) atoms. The summed E-state index contributed by atoms with van der Waals surface area (Å²) in [5.41, 5.74) is 0.995. The van der Waals surface area contributed by atoms with E-state index in [1.165, 1.54) is 0 Å². The highest BCUT2D eigenvalue weighted by molar-refractivity contribution is 7.53. The molecule has 7 nitrogen and oxygen atoms in total. The third kappa shape index (κ3) is 7.16. The smallest absolute Gasteiger partial charge is 0.335 e. The van der Waals surface area contributed by atoms with E-state index >= 15 is 0 Å². The van der Waals surface area contributed by atoms with E-state index in [1.807, 2.05) is 20.8 Å². The molecule has 0 N–H and O–H groups in total. The van der Waals surface area contributed by atoms with E-state index in [4.69, 9.17) is 22.5 Å². The van der Waals surface area contributed by atoms with Crippen molar-refractivity contribution in [1.29, 1.82) is 0 Å². The molecule has 0 unspecified atom stereocenters. The van der Waals surface area contributed by atoms with Crippen LogP contribution in [0.3, 0.4) is 0 Å². The highest BCUT2D eigenvalue weighted by atomic mass is 31.2. The van der Waals surface area contributed by atoms with E-state index in [1.54, 1.807) is 34.0 Å². The normalized spacial score (nSPS) is 13.3. The molecule has 1 rings (SSSR count). The van der Waals surface area contributed by atoms with Crippen LogP contribution in [0.1, 0.15) is 65.4 Å². The largest absolute Gasteiger partial charge is 0.468 e. The molecule has 1 aromatic rings. The average Bonchev–Trinajstić information content (AvgIpc) is 2.90. The zero-order valence-corrected chi connectivity index (χ0v) is 19.4. The van der Waals surface area contributed by atoms with Crippen LogP contribution in [0.15, 0.2) is 10.7 Å². The molecule has 0 saturated carbocycles. The quantitative estimate of drug-likeness (QED) is 0.374. The Bertz CT molecular complexity index is 656. The molecule has 1 heterocycles. The summed E-state index contributed by atoms with van der Waals surface area (Å²) >= 11 is 0. The van der Waals surface area contributed by atoms with Crippen molar-refractivity contribution in [2.75, 3.05) is 26.4 Å². The summed E-state index contributed by atoms with van der Waals surface area (Å²) in [4.78, 5) is 0. The topological polar surface area (TPSA) is 84.2 Å². The molecule has 158 valence electrons. The average molecular weight is 424 g/mol. The van der Waals surface area contributed by atoms with Crippen molar-refractivity contribution in [2.24, 2.45) is 0 Å². The Morgan fingerprint density at radius 2 is 1.22 bits per heavy atom. The van der Waals surface area contributed by atoms with E-state index < -0.39 is 15.2 Å². The molecule has 0 saturated heterocycles. The fourth-order valence-corrected chi connectivity index (χ4v) is 6.30.